The van der Waals surface area contributed by atoms with Crippen molar-refractivity contribution in [1.82, 2.24) is 29.8 Å². The van der Waals surface area contributed by atoms with Crippen LogP contribution in [-0.2, 0) is 22.7 Å². The average molecular weight is 615 g/mol. The molecule has 3 unspecified atom stereocenters. The van der Waals surface area contributed by atoms with E-state index in [0.717, 1.165) is 61.8 Å². The fraction of sp³-hybridized carbons (Fsp3) is 0.676. The summed E-state index contributed by atoms with van der Waals surface area (Å²) in [6, 6.07) is 7.35. The molecule has 2 N–H and O–H groups in total. The summed E-state index contributed by atoms with van der Waals surface area (Å²) in [5.74, 6) is 0.324. The Hall–Kier alpha value is -2.95. The standard InChI is InChI=1S/C30H46N6O4.2C2H6/c1-6-36-26(9-10-32-36)23-7-8-24(28(17-23)40-16-15-34-13-11-33(5)12-14-34)19-31-29(38)27-18-25(37)20-35(27)30(39)22(4)21(2)3;2*1-2/h7-10,17,21-22,25,27,37H,6,11-16,18-20H2,1-5H3,(H,31,38);2*1-2H3. The number of piperazine rings is 1. The Balaban J connectivity index is 0.00000162. The number of aromatic nitrogens is 2. The summed E-state index contributed by atoms with van der Waals surface area (Å²) in [6.45, 7) is 22.7. The lowest BCUT2D eigenvalue weighted by atomic mass is 9.96. The molecule has 0 aliphatic carbocycles. The van der Waals surface area contributed by atoms with Gasteiger partial charge < -0.3 is 25.0 Å². The minimum Gasteiger partial charge on any atom is -0.492 e. The van der Waals surface area contributed by atoms with Gasteiger partial charge in [-0.25, -0.2) is 0 Å². The lowest BCUT2D eigenvalue weighted by molar-refractivity contribution is -0.142. The topological polar surface area (TPSA) is 103 Å². The van der Waals surface area contributed by atoms with E-state index in [1.165, 1.54) is 0 Å². The summed E-state index contributed by atoms with van der Waals surface area (Å²) in [5.41, 5.74) is 2.88. The Kier molecular flexibility index (Phi) is 15.9. The van der Waals surface area contributed by atoms with Crippen molar-refractivity contribution in [1.29, 1.82) is 0 Å². The molecule has 1 aromatic heterocycles. The number of hydrogen-bond donors (Lipinski definition) is 2. The first-order valence-corrected chi connectivity index (χ1v) is 16.6. The van der Waals surface area contributed by atoms with Crippen LogP contribution in [0.2, 0.25) is 0 Å². The van der Waals surface area contributed by atoms with Crippen molar-refractivity contribution in [2.24, 2.45) is 11.8 Å². The van der Waals surface area contributed by atoms with Gasteiger partial charge in [0.15, 0.2) is 0 Å². The summed E-state index contributed by atoms with van der Waals surface area (Å²) in [5, 5.41) is 17.7. The van der Waals surface area contributed by atoms with Gasteiger partial charge in [-0.1, -0.05) is 60.6 Å². The molecule has 2 aliphatic rings. The fourth-order valence-electron chi connectivity index (χ4n) is 5.33. The maximum absolute atomic E-state index is 13.3. The first kappa shape index (κ1) is 37.2. The van der Waals surface area contributed by atoms with E-state index in [9.17, 15) is 14.7 Å². The summed E-state index contributed by atoms with van der Waals surface area (Å²) in [7, 11) is 2.15. The van der Waals surface area contributed by atoms with Gasteiger partial charge in [0.1, 0.15) is 18.4 Å². The number of carbonyl (C=O) groups is 2. The van der Waals surface area contributed by atoms with E-state index in [0.29, 0.717) is 6.61 Å². The van der Waals surface area contributed by atoms with Crippen molar-refractivity contribution in [3.8, 4) is 17.0 Å². The molecule has 2 aromatic rings. The predicted octanol–water partition coefficient (Wildman–Crippen LogP) is 4.12. The number of β-amino-alcohol motifs (C(OH)–C–C–N with tert-alkyl or cyclic N) is 1. The van der Waals surface area contributed by atoms with E-state index in [-0.39, 0.29) is 43.2 Å². The Morgan fingerprint density at radius 2 is 1.75 bits per heavy atom. The number of nitrogens with zero attached hydrogens (tertiary/aromatic N) is 5. The fourth-order valence-corrected chi connectivity index (χ4v) is 5.33. The van der Waals surface area contributed by atoms with Crippen LogP contribution in [0.1, 0.15) is 67.4 Å². The Bertz CT molecular complexity index is 1140. The van der Waals surface area contributed by atoms with E-state index in [1.807, 2.05) is 77.4 Å². The highest BCUT2D eigenvalue weighted by atomic mass is 16.5. The van der Waals surface area contributed by atoms with Crippen molar-refractivity contribution in [3.63, 3.8) is 0 Å². The van der Waals surface area contributed by atoms with Gasteiger partial charge in [0, 0.05) is 82.0 Å². The van der Waals surface area contributed by atoms with Gasteiger partial charge in [-0.3, -0.25) is 19.2 Å². The van der Waals surface area contributed by atoms with E-state index >= 15 is 0 Å². The number of aliphatic hydroxyl groups is 1. The maximum Gasteiger partial charge on any atom is 0.243 e. The number of hydrogen-bond acceptors (Lipinski definition) is 7. The van der Waals surface area contributed by atoms with Crippen LogP contribution in [0.15, 0.2) is 30.5 Å². The summed E-state index contributed by atoms with van der Waals surface area (Å²) < 4.78 is 8.27. The second-order valence-electron chi connectivity index (χ2n) is 11.5. The van der Waals surface area contributed by atoms with Crippen molar-refractivity contribution in [2.45, 2.75) is 87.0 Å². The lowest BCUT2D eigenvalue weighted by Gasteiger charge is -2.32. The molecule has 248 valence electrons. The number of amides is 2. The zero-order valence-corrected chi connectivity index (χ0v) is 28.7. The van der Waals surface area contributed by atoms with Crippen molar-refractivity contribution < 1.29 is 19.4 Å². The normalized spacial score (nSPS) is 19.5. The largest absolute Gasteiger partial charge is 0.492 e. The van der Waals surface area contributed by atoms with E-state index in [2.05, 4.69) is 34.2 Å². The van der Waals surface area contributed by atoms with Crippen LogP contribution in [0.25, 0.3) is 11.3 Å². The second kappa shape index (κ2) is 18.8. The molecule has 2 saturated heterocycles. The number of aliphatic hydroxyl groups excluding tert-OH is 1. The molecule has 44 heavy (non-hydrogen) atoms. The number of likely N-dealkylation sites (tertiary alicyclic amines) is 1. The highest BCUT2D eigenvalue weighted by Crippen LogP contribution is 2.28. The summed E-state index contributed by atoms with van der Waals surface area (Å²) in [4.78, 5) is 32.6. The zero-order valence-electron chi connectivity index (χ0n) is 28.7. The maximum atomic E-state index is 13.3. The van der Waals surface area contributed by atoms with E-state index in [4.69, 9.17) is 4.74 Å². The third-order valence-electron chi connectivity index (χ3n) is 8.35. The molecule has 10 heteroatoms. The number of ether oxygens (including phenoxy) is 1. The van der Waals surface area contributed by atoms with Crippen LogP contribution in [0.4, 0.5) is 0 Å². The first-order chi connectivity index (χ1) is 21.2. The van der Waals surface area contributed by atoms with Gasteiger partial charge in [-0.15, -0.1) is 0 Å². The van der Waals surface area contributed by atoms with Gasteiger partial charge in [0.25, 0.3) is 0 Å². The number of aryl methyl sites for hydroxylation is 1. The molecule has 0 saturated carbocycles. The number of nitrogens with one attached hydrogen (secondary N) is 1. The highest BCUT2D eigenvalue weighted by molar-refractivity contribution is 5.89. The van der Waals surface area contributed by atoms with E-state index in [1.54, 1.807) is 11.1 Å². The van der Waals surface area contributed by atoms with Crippen LogP contribution < -0.4 is 10.1 Å². The molecule has 3 atom stereocenters. The predicted molar refractivity (Wildman–Crippen MR) is 177 cm³/mol. The van der Waals surface area contributed by atoms with Crippen LogP contribution >= 0.6 is 0 Å². The number of likely N-dealkylation sites (N-methyl/N-ethyl adjacent to an activating group) is 1. The van der Waals surface area contributed by atoms with Crippen molar-refractivity contribution in [2.75, 3.05) is 52.9 Å². The lowest BCUT2D eigenvalue weighted by Crippen LogP contribution is -2.48. The van der Waals surface area contributed by atoms with Gasteiger partial charge >= 0.3 is 0 Å². The van der Waals surface area contributed by atoms with Gasteiger partial charge in [0.05, 0.1) is 11.8 Å². The number of benzene rings is 1. The van der Waals surface area contributed by atoms with Crippen LogP contribution in [-0.4, -0.2) is 106 Å². The van der Waals surface area contributed by atoms with Crippen molar-refractivity contribution in [3.05, 3.63) is 36.0 Å². The third kappa shape index (κ3) is 10.0. The molecule has 1 aromatic carbocycles. The van der Waals surface area contributed by atoms with Gasteiger partial charge in [-0.2, -0.15) is 5.10 Å². The highest BCUT2D eigenvalue weighted by Gasteiger charge is 2.40. The average Bonchev–Trinajstić information content (AvgIpc) is 3.69. The summed E-state index contributed by atoms with van der Waals surface area (Å²) >= 11 is 0. The Morgan fingerprint density at radius 3 is 2.39 bits per heavy atom. The molecule has 2 fully saturated rings. The molecule has 3 heterocycles. The van der Waals surface area contributed by atoms with Crippen LogP contribution in [0, 0.1) is 11.8 Å². The Morgan fingerprint density at radius 1 is 1.07 bits per heavy atom. The zero-order chi connectivity index (χ0) is 32.8. The molecular formula is C34H58N6O4. The smallest absolute Gasteiger partial charge is 0.243 e. The monoisotopic (exact) mass is 614 g/mol. The molecule has 0 spiro atoms. The Labute approximate surface area is 265 Å². The molecule has 0 bridgehead atoms. The van der Waals surface area contributed by atoms with Crippen LogP contribution in [0.5, 0.6) is 5.75 Å². The SMILES string of the molecule is CC.CC.CCn1nccc1-c1ccc(CNC(=O)C2CC(O)CN2C(=O)C(C)C(C)C)c(OCCN2CCN(C)CC2)c1. The quantitative estimate of drug-likeness (QED) is 0.393. The third-order valence-corrected chi connectivity index (χ3v) is 8.35. The molecule has 2 aliphatic heterocycles. The minimum atomic E-state index is -0.699. The molecule has 10 nitrogen and oxygen atoms in total. The van der Waals surface area contributed by atoms with Crippen molar-refractivity contribution >= 4 is 11.8 Å². The van der Waals surface area contributed by atoms with Gasteiger partial charge in [0.2, 0.25) is 11.8 Å². The molecule has 2 amide bonds. The van der Waals surface area contributed by atoms with Gasteiger partial charge in [-0.05, 0) is 32.0 Å². The number of rotatable bonds is 11. The summed E-state index contributed by atoms with van der Waals surface area (Å²) in [6.07, 6.45) is 1.34. The second-order valence-corrected chi connectivity index (χ2v) is 11.5. The van der Waals surface area contributed by atoms with E-state index < -0.39 is 12.1 Å². The molecule has 0 radical (unpaired) electrons. The number of carbonyl (C=O) groups excluding carboxylic acids is 2. The first-order valence-electron chi connectivity index (χ1n) is 16.6. The molecule has 4 rings (SSSR count). The van der Waals surface area contributed by atoms with Crippen LogP contribution in [0.3, 0.4) is 0 Å². The minimum absolute atomic E-state index is 0.0866. The molecular weight excluding hydrogens is 556 g/mol.